The predicted molar refractivity (Wildman–Crippen MR) is 123 cm³/mol. The first-order chi connectivity index (χ1) is 15.9. The highest BCUT2D eigenvalue weighted by Gasteiger charge is 2.77. The highest BCUT2D eigenvalue weighted by Crippen LogP contribution is 2.71. The number of hydrogen-bond acceptors (Lipinski definition) is 6. The fraction of sp³-hybridized carbons (Fsp3) is 0.741. The van der Waals surface area contributed by atoms with E-state index in [2.05, 4.69) is 0 Å². The minimum atomic E-state index is -2.03. The van der Waals surface area contributed by atoms with Crippen LogP contribution in [0.4, 0.5) is 4.39 Å². The molecule has 4 aliphatic rings. The maximum atomic E-state index is 17.3. The summed E-state index contributed by atoms with van der Waals surface area (Å²) < 4.78 is 23.3. The van der Waals surface area contributed by atoms with Gasteiger partial charge in [-0.3, -0.25) is 14.4 Å². The SMILES string of the molecule is CCCCC(=O)O[C@]1(C(=O)CO)[C@@H](C)C[C@H]2[C@@H]3CCC4=CC(=O)C=C[C@@]4(C)[C@@]3(F)[C@@H](O)C[C@@]21C. The van der Waals surface area contributed by atoms with Gasteiger partial charge in [-0.1, -0.05) is 38.8 Å². The first-order valence-corrected chi connectivity index (χ1v) is 12.6. The number of alkyl halides is 1. The summed E-state index contributed by atoms with van der Waals surface area (Å²) in [7, 11) is 0. The van der Waals surface area contributed by atoms with E-state index >= 15 is 4.39 Å². The summed E-state index contributed by atoms with van der Waals surface area (Å²) in [5, 5.41) is 21.4. The largest absolute Gasteiger partial charge is 0.450 e. The molecule has 4 aliphatic carbocycles. The van der Waals surface area contributed by atoms with Gasteiger partial charge in [0.25, 0.3) is 0 Å². The Labute approximate surface area is 200 Å². The molecule has 7 heteroatoms. The van der Waals surface area contributed by atoms with Gasteiger partial charge in [0.15, 0.2) is 17.1 Å². The first-order valence-electron chi connectivity index (χ1n) is 12.6. The molecular weight excluding hydrogens is 439 g/mol. The third-order valence-corrected chi connectivity index (χ3v) is 9.75. The van der Waals surface area contributed by atoms with Crippen LogP contribution >= 0.6 is 0 Å². The van der Waals surface area contributed by atoms with Gasteiger partial charge < -0.3 is 14.9 Å². The lowest BCUT2D eigenvalue weighted by Gasteiger charge is -2.62. The zero-order chi connectivity index (χ0) is 25.1. The number of carbonyl (C=O) groups excluding carboxylic acids is 3. The molecule has 0 radical (unpaired) electrons. The summed E-state index contributed by atoms with van der Waals surface area (Å²) in [6, 6.07) is 0. The van der Waals surface area contributed by atoms with Crippen LogP contribution in [-0.2, 0) is 19.1 Å². The highest BCUT2D eigenvalue weighted by molar-refractivity contribution is 6.01. The van der Waals surface area contributed by atoms with Crippen LogP contribution in [0.2, 0.25) is 0 Å². The molecule has 188 valence electrons. The maximum Gasteiger partial charge on any atom is 0.306 e. The van der Waals surface area contributed by atoms with Gasteiger partial charge in [-0.25, -0.2) is 4.39 Å². The van der Waals surface area contributed by atoms with Crippen molar-refractivity contribution in [3.05, 3.63) is 23.8 Å². The normalized spacial score (nSPS) is 45.1. The van der Waals surface area contributed by atoms with Gasteiger partial charge in [-0.05, 0) is 57.1 Å². The fourth-order valence-corrected chi connectivity index (χ4v) is 8.07. The molecule has 6 nitrogen and oxygen atoms in total. The summed E-state index contributed by atoms with van der Waals surface area (Å²) in [5.41, 5.74) is -5.11. The van der Waals surface area contributed by atoms with Gasteiger partial charge in [0.2, 0.25) is 5.78 Å². The smallest absolute Gasteiger partial charge is 0.306 e. The molecule has 8 atom stereocenters. The second-order valence-electron chi connectivity index (χ2n) is 11.3. The Morgan fingerprint density at radius 3 is 2.62 bits per heavy atom. The summed E-state index contributed by atoms with van der Waals surface area (Å²) in [6.07, 6.45) is 5.92. The summed E-state index contributed by atoms with van der Waals surface area (Å²) in [6.45, 7) is 6.55. The van der Waals surface area contributed by atoms with Crippen molar-refractivity contribution in [3.63, 3.8) is 0 Å². The van der Waals surface area contributed by atoms with Gasteiger partial charge in [0, 0.05) is 29.1 Å². The lowest BCUT2D eigenvalue weighted by Crippen LogP contribution is -2.70. The van der Waals surface area contributed by atoms with Crippen molar-refractivity contribution in [3.8, 4) is 0 Å². The van der Waals surface area contributed by atoms with Crippen LogP contribution < -0.4 is 0 Å². The molecule has 34 heavy (non-hydrogen) atoms. The van der Waals surface area contributed by atoms with Gasteiger partial charge in [-0.2, -0.15) is 0 Å². The lowest BCUT2D eigenvalue weighted by atomic mass is 9.44. The van der Waals surface area contributed by atoms with Crippen LogP contribution in [0.3, 0.4) is 0 Å². The Morgan fingerprint density at radius 1 is 1.26 bits per heavy atom. The Morgan fingerprint density at radius 2 is 1.97 bits per heavy atom. The van der Waals surface area contributed by atoms with Gasteiger partial charge in [-0.15, -0.1) is 0 Å². The van der Waals surface area contributed by atoms with E-state index in [1.165, 1.54) is 12.2 Å². The molecule has 0 aromatic carbocycles. The quantitative estimate of drug-likeness (QED) is 0.568. The number of ether oxygens (including phenoxy) is 1. The number of ketones is 2. The molecule has 0 aliphatic heterocycles. The van der Waals surface area contributed by atoms with Crippen molar-refractivity contribution in [2.75, 3.05) is 6.61 Å². The molecule has 0 aromatic rings. The average Bonchev–Trinajstić information content (AvgIpc) is 3.00. The number of rotatable bonds is 6. The van der Waals surface area contributed by atoms with Crippen LogP contribution in [0.15, 0.2) is 23.8 Å². The maximum absolute atomic E-state index is 17.3. The van der Waals surface area contributed by atoms with Crippen molar-refractivity contribution in [2.45, 2.75) is 90.0 Å². The zero-order valence-corrected chi connectivity index (χ0v) is 20.6. The molecule has 0 saturated heterocycles. The van der Waals surface area contributed by atoms with Crippen LogP contribution in [0, 0.1) is 28.6 Å². The van der Waals surface area contributed by atoms with Crippen molar-refractivity contribution in [1.29, 1.82) is 0 Å². The summed E-state index contributed by atoms with van der Waals surface area (Å²) in [4.78, 5) is 38.1. The van der Waals surface area contributed by atoms with E-state index in [0.29, 0.717) is 31.3 Å². The number of esters is 1. The Balaban J connectivity index is 1.80. The highest BCUT2D eigenvalue weighted by atomic mass is 19.1. The molecular formula is C27H37FO6. The van der Waals surface area contributed by atoms with Crippen molar-refractivity contribution < 1.29 is 33.7 Å². The molecule has 0 aromatic heterocycles. The third-order valence-electron chi connectivity index (χ3n) is 9.75. The molecule has 0 bridgehead atoms. The van der Waals surface area contributed by atoms with E-state index in [1.807, 2.05) is 20.8 Å². The number of unbranched alkanes of at least 4 members (excludes halogenated alkanes) is 1. The van der Waals surface area contributed by atoms with Crippen LogP contribution in [-0.4, -0.2) is 51.7 Å². The van der Waals surface area contributed by atoms with Gasteiger partial charge in [0.05, 0.1) is 6.10 Å². The van der Waals surface area contributed by atoms with E-state index in [9.17, 15) is 24.6 Å². The Hall–Kier alpha value is -1.86. The molecule has 0 heterocycles. The van der Waals surface area contributed by atoms with Crippen LogP contribution in [0.1, 0.15) is 72.6 Å². The van der Waals surface area contributed by atoms with Gasteiger partial charge >= 0.3 is 5.97 Å². The molecule has 0 amide bonds. The number of aliphatic hydroxyl groups excluding tert-OH is 2. The van der Waals surface area contributed by atoms with E-state index in [4.69, 9.17) is 4.74 Å². The number of Topliss-reactive ketones (excluding diaryl/α,β-unsaturated/α-hetero) is 1. The molecule has 3 saturated carbocycles. The lowest BCUT2D eigenvalue weighted by molar-refractivity contribution is -0.228. The number of carbonyl (C=O) groups is 3. The molecule has 4 rings (SSSR count). The average molecular weight is 477 g/mol. The van der Waals surface area contributed by atoms with Crippen molar-refractivity contribution in [2.24, 2.45) is 28.6 Å². The number of allylic oxidation sites excluding steroid dienone is 4. The number of fused-ring (bicyclic) bond motifs is 5. The monoisotopic (exact) mass is 476 g/mol. The molecule has 2 N–H and O–H groups in total. The number of aliphatic hydroxyl groups is 2. The van der Waals surface area contributed by atoms with E-state index in [1.54, 1.807) is 13.0 Å². The van der Waals surface area contributed by atoms with Crippen LogP contribution in [0.25, 0.3) is 0 Å². The number of halogens is 1. The van der Waals surface area contributed by atoms with E-state index in [0.717, 1.165) is 6.42 Å². The standard InChI is InChI=1S/C27H37FO6/c1-5-6-7-23(33)34-27(22(32)15-29)16(2)12-20-19-9-8-17-13-18(30)10-11-24(17,3)26(19,28)21(31)14-25(20,27)4/h10-11,13,16,19-21,29,31H,5-9,12,14-15H2,1-4H3/t16-,19-,20-,21-,24+,25-,26-,27-/m0/s1. The van der Waals surface area contributed by atoms with E-state index in [-0.39, 0.29) is 24.5 Å². The zero-order valence-electron chi connectivity index (χ0n) is 20.6. The number of hydrogen-bond donors (Lipinski definition) is 2. The van der Waals surface area contributed by atoms with Crippen molar-refractivity contribution >= 4 is 17.5 Å². The summed E-state index contributed by atoms with van der Waals surface area (Å²) >= 11 is 0. The molecule has 3 fully saturated rings. The minimum absolute atomic E-state index is 0.0769. The Kier molecular flexibility index (Phi) is 6.21. The van der Waals surface area contributed by atoms with Crippen molar-refractivity contribution in [1.82, 2.24) is 0 Å². The second-order valence-corrected chi connectivity index (χ2v) is 11.3. The molecule has 0 unspecified atom stereocenters. The first kappa shape index (κ1) is 25.2. The minimum Gasteiger partial charge on any atom is -0.450 e. The fourth-order valence-electron chi connectivity index (χ4n) is 8.07. The second kappa shape index (κ2) is 8.37. The predicted octanol–water partition coefficient (Wildman–Crippen LogP) is 3.64. The van der Waals surface area contributed by atoms with Crippen LogP contribution in [0.5, 0.6) is 0 Å². The summed E-state index contributed by atoms with van der Waals surface area (Å²) in [5.74, 6) is -2.62. The topological polar surface area (TPSA) is 101 Å². The van der Waals surface area contributed by atoms with Gasteiger partial charge in [0.1, 0.15) is 6.61 Å². The third kappa shape index (κ3) is 3.08. The molecule has 0 spiro atoms. The van der Waals surface area contributed by atoms with E-state index < -0.39 is 58.4 Å². The Bertz CT molecular complexity index is 957.